The van der Waals surface area contributed by atoms with Gasteiger partial charge < -0.3 is 5.11 Å². The number of carbonyl (C=O) groups excluding carboxylic acids is 1. The number of nitrogens with zero attached hydrogens (tertiary/aromatic N) is 2. The third kappa shape index (κ3) is 4.27. The van der Waals surface area contributed by atoms with E-state index in [1.54, 1.807) is 18.2 Å². The van der Waals surface area contributed by atoms with Gasteiger partial charge in [-0.2, -0.15) is 0 Å². The molecule has 1 aliphatic rings. The van der Waals surface area contributed by atoms with Crippen LogP contribution in [0.5, 0.6) is 0 Å². The molecule has 1 saturated heterocycles. The highest BCUT2D eigenvalue weighted by molar-refractivity contribution is 8.27. The Bertz CT molecular complexity index is 991. The van der Waals surface area contributed by atoms with Gasteiger partial charge in [0.25, 0.3) is 11.6 Å². The summed E-state index contributed by atoms with van der Waals surface area (Å²) in [6, 6.07) is 12.3. The summed E-state index contributed by atoms with van der Waals surface area (Å²) >= 11 is 7.77. The maximum atomic E-state index is 12.9. The molecule has 2 aromatic carbocycles. The van der Waals surface area contributed by atoms with Gasteiger partial charge in [0.2, 0.25) is 0 Å². The van der Waals surface area contributed by atoms with Crippen LogP contribution in [-0.2, 0) is 4.79 Å². The topological polar surface area (TPSA) is 83.7 Å². The largest absolute Gasteiger partial charge is 0.396 e. The Balaban J connectivity index is 1.93. The number of aliphatic hydroxyl groups is 1. The molecule has 0 aliphatic carbocycles. The summed E-state index contributed by atoms with van der Waals surface area (Å²) in [5.41, 5.74) is 2.16. The molecule has 0 aromatic heterocycles. The van der Waals surface area contributed by atoms with Gasteiger partial charge in [0.05, 0.1) is 27.0 Å². The van der Waals surface area contributed by atoms with Gasteiger partial charge in [0.15, 0.2) is 4.32 Å². The van der Waals surface area contributed by atoms with Crippen molar-refractivity contribution in [2.45, 2.75) is 11.8 Å². The second kappa shape index (κ2) is 8.87. The van der Waals surface area contributed by atoms with Crippen molar-refractivity contribution in [3.05, 3.63) is 68.6 Å². The molecule has 0 bridgehead atoms. The molecular weight excluding hydrogens is 416 g/mol. The van der Waals surface area contributed by atoms with Crippen LogP contribution in [0.2, 0.25) is 0 Å². The first-order valence-electron chi connectivity index (χ1n) is 8.28. The Morgan fingerprint density at radius 1 is 1.32 bits per heavy atom. The van der Waals surface area contributed by atoms with Crippen molar-refractivity contribution >= 4 is 63.4 Å². The number of thiocarbonyl (C=S) groups is 1. The Morgan fingerprint density at radius 2 is 2.07 bits per heavy atom. The van der Waals surface area contributed by atoms with Gasteiger partial charge in [-0.3, -0.25) is 19.8 Å². The average molecular weight is 433 g/mol. The van der Waals surface area contributed by atoms with Gasteiger partial charge in [-0.15, -0.1) is 11.8 Å². The summed E-state index contributed by atoms with van der Waals surface area (Å²) in [6.07, 6.45) is 1.62. The Labute approximate surface area is 175 Å². The predicted octanol–water partition coefficient (Wildman–Crippen LogP) is 4.39. The summed E-state index contributed by atoms with van der Waals surface area (Å²) in [7, 11) is 0. The summed E-state index contributed by atoms with van der Waals surface area (Å²) in [4.78, 5) is 26.2. The van der Waals surface area contributed by atoms with Gasteiger partial charge >= 0.3 is 0 Å². The van der Waals surface area contributed by atoms with E-state index < -0.39 is 4.92 Å². The highest BCUT2D eigenvalue weighted by Gasteiger charge is 2.34. The first-order valence-corrected chi connectivity index (χ1v) is 10.5. The second-order valence-corrected chi connectivity index (χ2v) is 8.67. The molecule has 144 valence electrons. The Hall–Kier alpha value is -2.20. The summed E-state index contributed by atoms with van der Waals surface area (Å²) in [5, 5.41) is 20.3. The number of aryl methyl sites for hydroxylation is 1. The fraction of sp³-hybridized carbons (Fsp3) is 0.158. The van der Waals surface area contributed by atoms with Gasteiger partial charge in [-0.25, -0.2) is 0 Å². The lowest BCUT2D eigenvalue weighted by molar-refractivity contribution is -0.387. The number of benzene rings is 2. The predicted molar refractivity (Wildman–Crippen MR) is 118 cm³/mol. The summed E-state index contributed by atoms with van der Waals surface area (Å²) in [5.74, 6) is 0.126. The van der Waals surface area contributed by atoms with Crippen molar-refractivity contribution in [2.24, 2.45) is 0 Å². The first-order chi connectivity index (χ1) is 13.4. The van der Waals surface area contributed by atoms with Crippen LogP contribution in [0.25, 0.3) is 6.08 Å². The zero-order chi connectivity index (χ0) is 20.3. The number of aliphatic hydroxyl groups excluding tert-OH is 1. The van der Waals surface area contributed by atoms with E-state index in [0.29, 0.717) is 25.4 Å². The van der Waals surface area contributed by atoms with E-state index in [2.05, 4.69) is 0 Å². The molecule has 0 radical (unpaired) electrons. The fourth-order valence-corrected chi connectivity index (χ4v) is 4.73. The normalized spacial score (nSPS) is 15.5. The highest BCUT2D eigenvalue weighted by atomic mass is 32.2. The molecule has 3 rings (SSSR count). The standard InChI is InChI=1S/C19H16N2O4S3/c1-12-4-2-3-5-14(12)20-18(23)17(28-19(20)26)11-13-6-7-16(27-9-8-22)15(10-13)21(24)25/h2-7,10-11,22H,8-9H2,1H3. The molecule has 1 amide bonds. The molecule has 1 fully saturated rings. The van der Waals surface area contributed by atoms with Gasteiger partial charge in [-0.05, 0) is 36.3 Å². The maximum Gasteiger partial charge on any atom is 0.283 e. The SMILES string of the molecule is Cc1ccccc1N1C(=O)C(=Cc2ccc(SCCO)c([N+](=O)[O-])c2)SC1=S. The zero-order valence-corrected chi connectivity index (χ0v) is 17.3. The lowest BCUT2D eigenvalue weighted by Crippen LogP contribution is -2.28. The lowest BCUT2D eigenvalue weighted by Gasteiger charge is -2.16. The van der Waals surface area contributed by atoms with E-state index >= 15 is 0 Å². The molecule has 1 heterocycles. The number of hydrogen-bond donors (Lipinski definition) is 1. The number of amides is 1. The Morgan fingerprint density at radius 3 is 2.75 bits per heavy atom. The molecular formula is C19H16N2O4S3. The molecule has 1 aliphatic heterocycles. The lowest BCUT2D eigenvalue weighted by atomic mass is 10.1. The molecule has 28 heavy (non-hydrogen) atoms. The number of carbonyl (C=O) groups is 1. The minimum absolute atomic E-state index is 0.0541. The van der Waals surface area contributed by atoms with Crippen LogP contribution in [0.1, 0.15) is 11.1 Å². The summed E-state index contributed by atoms with van der Waals surface area (Å²) in [6.45, 7) is 1.84. The number of thioether (sulfide) groups is 2. The third-order valence-corrected chi connectivity index (χ3v) is 6.32. The second-order valence-electron chi connectivity index (χ2n) is 5.86. The van der Waals surface area contributed by atoms with Gasteiger partial charge in [0.1, 0.15) is 0 Å². The molecule has 2 aromatic rings. The van der Waals surface area contributed by atoms with E-state index in [-0.39, 0.29) is 18.2 Å². The third-order valence-electron chi connectivity index (χ3n) is 3.98. The van der Waals surface area contributed by atoms with E-state index in [1.807, 2.05) is 31.2 Å². The van der Waals surface area contributed by atoms with Crippen molar-refractivity contribution in [3.63, 3.8) is 0 Å². The molecule has 9 heteroatoms. The smallest absolute Gasteiger partial charge is 0.283 e. The summed E-state index contributed by atoms with van der Waals surface area (Å²) < 4.78 is 0.426. The average Bonchev–Trinajstić information content (AvgIpc) is 2.94. The number of nitro groups is 1. The number of anilines is 1. The number of hydrogen-bond acceptors (Lipinski definition) is 7. The van der Waals surface area contributed by atoms with Crippen LogP contribution in [-0.4, -0.2) is 32.6 Å². The molecule has 0 spiro atoms. The van der Waals surface area contributed by atoms with E-state index in [1.165, 1.54) is 34.5 Å². The van der Waals surface area contributed by atoms with Gasteiger partial charge in [-0.1, -0.05) is 48.2 Å². The van der Waals surface area contributed by atoms with Crippen LogP contribution in [0.3, 0.4) is 0 Å². The molecule has 0 saturated carbocycles. The van der Waals surface area contributed by atoms with Gasteiger partial charge in [0, 0.05) is 11.8 Å². The number of rotatable bonds is 6. The first kappa shape index (κ1) is 20.5. The van der Waals surface area contributed by atoms with Crippen LogP contribution < -0.4 is 4.90 Å². The van der Waals surface area contributed by atoms with Crippen LogP contribution >= 0.6 is 35.7 Å². The van der Waals surface area contributed by atoms with Crippen molar-refractivity contribution in [2.75, 3.05) is 17.3 Å². The van der Waals surface area contributed by atoms with Crippen LogP contribution in [0.15, 0.2) is 52.3 Å². The maximum absolute atomic E-state index is 12.9. The number of nitro benzene ring substituents is 1. The van der Waals surface area contributed by atoms with Crippen molar-refractivity contribution in [1.82, 2.24) is 0 Å². The monoisotopic (exact) mass is 432 g/mol. The molecule has 6 nitrogen and oxygen atoms in total. The van der Waals surface area contributed by atoms with E-state index in [4.69, 9.17) is 17.3 Å². The van der Waals surface area contributed by atoms with Crippen molar-refractivity contribution in [3.8, 4) is 0 Å². The van der Waals surface area contributed by atoms with Crippen molar-refractivity contribution in [1.29, 1.82) is 0 Å². The van der Waals surface area contributed by atoms with Crippen LogP contribution in [0, 0.1) is 17.0 Å². The zero-order valence-electron chi connectivity index (χ0n) is 14.8. The van der Waals surface area contributed by atoms with Crippen molar-refractivity contribution < 1.29 is 14.8 Å². The van der Waals surface area contributed by atoms with E-state index in [0.717, 1.165) is 11.3 Å². The molecule has 0 unspecified atom stereocenters. The minimum atomic E-state index is -0.463. The molecule has 0 atom stereocenters. The highest BCUT2D eigenvalue weighted by Crippen LogP contribution is 2.38. The fourth-order valence-electron chi connectivity index (χ4n) is 2.69. The quantitative estimate of drug-likeness (QED) is 0.238. The Kier molecular flexibility index (Phi) is 6.50. The number of para-hydroxylation sites is 1. The van der Waals surface area contributed by atoms with Crippen LogP contribution in [0.4, 0.5) is 11.4 Å². The molecule has 1 N–H and O–H groups in total. The minimum Gasteiger partial charge on any atom is -0.396 e. The van der Waals surface area contributed by atoms with E-state index in [9.17, 15) is 14.9 Å².